The Morgan fingerprint density at radius 2 is 1.58 bits per heavy atom. The Bertz CT molecular complexity index is 772. The van der Waals surface area contributed by atoms with Crippen molar-refractivity contribution in [2.24, 2.45) is 5.92 Å². The number of thioether (sulfide) groups is 1. The molecule has 8 atom stereocenters. The lowest BCUT2D eigenvalue weighted by molar-refractivity contribution is -0.236. The zero-order valence-electron chi connectivity index (χ0n) is 22.3. The van der Waals surface area contributed by atoms with Crippen molar-refractivity contribution in [2.75, 3.05) is 5.75 Å². The lowest BCUT2D eigenvalue weighted by Crippen LogP contribution is -2.66. The molecule has 0 aliphatic carbocycles. The van der Waals surface area contributed by atoms with Gasteiger partial charge in [-0.05, 0) is 45.3 Å². The van der Waals surface area contributed by atoms with Gasteiger partial charge in [-0.25, -0.2) is 0 Å². The Balaban J connectivity index is 3.58. The number of carbonyl (C=O) groups is 3. The Morgan fingerprint density at radius 3 is 2.06 bits per heavy atom. The zero-order valence-corrected chi connectivity index (χ0v) is 23.9. The highest BCUT2D eigenvalue weighted by Gasteiger charge is 2.55. The third-order valence-corrected chi connectivity index (χ3v) is 8.19. The molecule has 0 radical (unpaired) electrons. The number of esters is 3. The molecule has 1 aliphatic heterocycles. The average molecular weight is 548 g/mol. The number of ether oxygens (including phenoxy) is 4. The summed E-state index contributed by atoms with van der Waals surface area (Å²) >= 11 is -0.112. The predicted molar refractivity (Wildman–Crippen MR) is 141 cm³/mol. The molecule has 1 saturated heterocycles. The molecular weight excluding hydrogens is 506 g/mol. The average Bonchev–Trinajstić information content (AvgIpc) is 2.76. The van der Waals surface area contributed by atoms with E-state index in [0.717, 1.165) is 12.8 Å². The van der Waals surface area contributed by atoms with E-state index in [1.165, 1.54) is 32.5 Å². The van der Waals surface area contributed by atoms with E-state index < -0.39 is 69.9 Å². The highest BCUT2D eigenvalue weighted by molar-refractivity contribution is 7.99. The van der Waals surface area contributed by atoms with Crippen LogP contribution >= 0.6 is 11.8 Å². The van der Waals surface area contributed by atoms with Gasteiger partial charge in [0, 0.05) is 32.1 Å². The minimum atomic E-state index is -1.51. The van der Waals surface area contributed by atoms with Gasteiger partial charge in [0.1, 0.15) is 16.3 Å². The van der Waals surface area contributed by atoms with E-state index in [9.17, 15) is 18.9 Å². The molecular formula is C25H41NO8S2. The number of hydrogen-bond donors (Lipinski definition) is 1. The third kappa shape index (κ3) is 10.1. The Morgan fingerprint density at radius 1 is 1.06 bits per heavy atom. The van der Waals surface area contributed by atoms with Gasteiger partial charge < -0.3 is 23.5 Å². The van der Waals surface area contributed by atoms with E-state index in [1.54, 1.807) is 12.2 Å². The monoisotopic (exact) mass is 547 g/mol. The van der Waals surface area contributed by atoms with Crippen molar-refractivity contribution < 1.29 is 37.9 Å². The number of hydrogen-bond acceptors (Lipinski definition) is 10. The highest BCUT2D eigenvalue weighted by atomic mass is 32.2. The Kier molecular flexibility index (Phi) is 13.6. The SMILES string of the molecule is C=CCCCS[C@H]1O[C@H]([C@H](N[S+]([O-])C(C)(C)C)[C@H](C)C=C)[C@H](OC(C)=O)[C@H](OC(C)=O)[C@H]1OC(C)=O. The minimum absolute atomic E-state index is 0.283. The van der Waals surface area contributed by atoms with Crippen LogP contribution in [0.25, 0.3) is 0 Å². The standard InChI is InChI=1S/C25H41NO8S2/c1-10-12-13-14-35-24-23(33-18(6)29)22(32-17(5)28)21(31-16(4)27)20(34-24)19(15(3)11-2)26-36(30)25(7,8)9/h10-11,15,19-24,26H,1-2,12-14H2,3-9H3/t15-,19-,20-,21+,22+,23-,24-,36?/m1/s1. The summed E-state index contributed by atoms with van der Waals surface area (Å²) in [5.41, 5.74) is -0.746. The van der Waals surface area contributed by atoms with Gasteiger partial charge in [-0.3, -0.25) is 14.4 Å². The second kappa shape index (κ2) is 15.0. The summed E-state index contributed by atoms with van der Waals surface area (Å²) < 4.78 is 38.9. The molecule has 1 heterocycles. The molecule has 0 saturated carbocycles. The number of rotatable bonds is 13. The smallest absolute Gasteiger partial charge is 0.303 e. The Labute approximate surface area is 222 Å². The largest absolute Gasteiger partial charge is 0.598 e. The molecule has 0 aromatic carbocycles. The molecule has 11 heteroatoms. The van der Waals surface area contributed by atoms with E-state index in [0.29, 0.717) is 5.75 Å². The zero-order chi connectivity index (χ0) is 27.6. The molecule has 206 valence electrons. The number of unbranched alkanes of at least 4 members (excludes halogenated alkanes) is 1. The lowest BCUT2D eigenvalue weighted by atomic mass is 9.88. The fraction of sp³-hybridized carbons (Fsp3) is 0.720. The normalized spacial score (nSPS) is 26.7. The van der Waals surface area contributed by atoms with Gasteiger partial charge in [0.2, 0.25) is 0 Å². The summed E-state index contributed by atoms with van der Waals surface area (Å²) in [6.45, 7) is 18.6. The van der Waals surface area contributed by atoms with E-state index in [2.05, 4.69) is 17.9 Å². The molecule has 1 aliphatic rings. The molecule has 1 fully saturated rings. The fourth-order valence-electron chi connectivity index (χ4n) is 3.58. The summed E-state index contributed by atoms with van der Waals surface area (Å²) in [4.78, 5) is 36.3. The van der Waals surface area contributed by atoms with E-state index in [-0.39, 0.29) is 5.92 Å². The van der Waals surface area contributed by atoms with Gasteiger partial charge in [-0.1, -0.05) is 19.1 Å². The van der Waals surface area contributed by atoms with Crippen LogP contribution in [0, 0.1) is 5.92 Å². The maximum Gasteiger partial charge on any atom is 0.303 e. The molecule has 0 aromatic heterocycles. The van der Waals surface area contributed by atoms with E-state index in [1.807, 2.05) is 27.7 Å². The molecule has 9 nitrogen and oxygen atoms in total. The lowest BCUT2D eigenvalue weighted by Gasteiger charge is -2.47. The van der Waals surface area contributed by atoms with Crippen molar-refractivity contribution >= 4 is 41.0 Å². The van der Waals surface area contributed by atoms with Gasteiger partial charge in [-0.2, -0.15) is 0 Å². The maximum atomic E-state index is 13.1. The highest BCUT2D eigenvalue weighted by Crippen LogP contribution is 2.37. The van der Waals surface area contributed by atoms with Crippen LogP contribution in [0.1, 0.15) is 61.3 Å². The predicted octanol–water partition coefficient (Wildman–Crippen LogP) is 3.45. The second-order valence-electron chi connectivity index (χ2n) is 9.61. The van der Waals surface area contributed by atoms with Crippen LogP contribution in [0.3, 0.4) is 0 Å². The summed E-state index contributed by atoms with van der Waals surface area (Å²) in [6.07, 6.45) is 0.850. The van der Waals surface area contributed by atoms with Crippen molar-refractivity contribution in [3.63, 3.8) is 0 Å². The summed E-state index contributed by atoms with van der Waals surface area (Å²) in [7, 11) is 0. The van der Waals surface area contributed by atoms with Crippen molar-refractivity contribution in [1.82, 2.24) is 4.72 Å². The maximum absolute atomic E-state index is 13.1. The first-order valence-electron chi connectivity index (χ1n) is 11.9. The minimum Gasteiger partial charge on any atom is -0.598 e. The molecule has 1 rings (SSSR count). The first-order chi connectivity index (χ1) is 16.7. The molecule has 0 spiro atoms. The van der Waals surface area contributed by atoms with Crippen LogP contribution < -0.4 is 4.72 Å². The third-order valence-electron chi connectivity index (χ3n) is 5.36. The molecule has 0 amide bonds. The van der Waals surface area contributed by atoms with Gasteiger partial charge in [-0.15, -0.1) is 29.6 Å². The van der Waals surface area contributed by atoms with Gasteiger partial charge in [0.15, 0.2) is 18.3 Å². The van der Waals surface area contributed by atoms with Gasteiger partial charge >= 0.3 is 17.9 Å². The van der Waals surface area contributed by atoms with Crippen LogP contribution in [0.5, 0.6) is 0 Å². The number of allylic oxidation sites excluding steroid dienone is 1. The molecule has 0 bridgehead atoms. The van der Waals surface area contributed by atoms with Crippen LogP contribution in [0.4, 0.5) is 0 Å². The number of nitrogens with one attached hydrogen (secondary N) is 1. The fourth-order valence-corrected chi connectivity index (χ4v) is 5.70. The summed E-state index contributed by atoms with van der Waals surface area (Å²) in [5, 5.41) is 0. The van der Waals surface area contributed by atoms with Crippen molar-refractivity contribution in [2.45, 2.75) is 102 Å². The van der Waals surface area contributed by atoms with E-state index in [4.69, 9.17) is 18.9 Å². The summed E-state index contributed by atoms with van der Waals surface area (Å²) in [5.74, 6) is -1.50. The van der Waals surface area contributed by atoms with Crippen molar-refractivity contribution in [3.8, 4) is 0 Å². The van der Waals surface area contributed by atoms with E-state index >= 15 is 0 Å². The van der Waals surface area contributed by atoms with Gasteiger partial charge in [0.05, 0.1) is 6.04 Å². The first kappa shape index (κ1) is 32.5. The topological polar surface area (TPSA) is 123 Å². The number of carbonyl (C=O) groups excluding carboxylic acids is 3. The molecule has 0 aromatic rings. The van der Waals surface area contributed by atoms with Crippen LogP contribution in [-0.4, -0.2) is 68.9 Å². The first-order valence-corrected chi connectivity index (χ1v) is 14.1. The van der Waals surface area contributed by atoms with Crippen LogP contribution in [0.15, 0.2) is 25.3 Å². The molecule has 1 unspecified atom stereocenters. The molecule has 1 N–H and O–H groups in total. The summed E-state index contributed by atoms with van der Waals surface area (Å²) in [6, 6.07) is -0.639. The second-order valence-corrected chi connectivity index (χ2v) is 12.8. The quantitative estimate of drug-likeness (QED) is 0.121. The van der Waals surface area contributed by atoms with Crippen molar-refractivity contribution in [1.29, 1.82) is 0 Å². The Hall–Kier alpha value is -1.53. The van der Waals surface area contributed by atoms with Gasteiger partial charge in [0.25, 0.3) is 0 Å². The van der Waals surface area contributed by atoms with Crippen LogP contribution in [0.2, 0.25) is 0 Å². The molecule has 36 heavy (non-hydrogen) atoms. The van der Waals surface area contributed by atoms with Crippen molar-refractivity contribution in [3.05, 3.63) is 25.3 Å². The van der Waals surface area contributed by atoms with Crippen LogP contribution in [-0.2, 0) is 44.7 Å².